The van der Waals surface area contributed by atoms with Gasteiger partial charge in [0.2, 0.25) is 0 Å². The average Bonchev–Trinajstić information content (AvgIpc) is 1.74. The van der Waals surface area contributed by atoms with Crippen molar-refractivity contribution in [3.05, 3.63) is 0 Å². The van der Waals surface area contributed by atoms with E-state index in [4.69, 9.17) is 4.74 Å². The van der Waals surface area contributed by atoms with Crippen LogP contribution in [0.25, 0.3) is 0 Å². The normalized spacial score (nSPS) is 13.5. The van der Waals surface area contributed by atoms with Gasteiger partial charge in [-0.2, -0.15) is 0 Å². The number of esters is 1. The highest BCUT2D eigenvalue weighted by Crippen LogP contribution is 2.33. The van der Waals surface area contributed by atoms with E-state index >= 15 is 0 Å². The van der Waals surface area contributed by atoms with Crippen molar-refractivity contribution in [3.8, 4) is 0 Å². The Balaban J connectivity index is 4.90. The number of hydrogen-bond acceptors (Lipinski definition) is 2. The highest BCUT2D eigenvalue weighted by molar-refractivity contribution is 6.99. The van der Waals surface area contributed by atoms with E-state index in [9.17, 15) is 4.79 Å². The minimum absolute atomic E-state index is 0.00713. The second-order valence-corrected chi connectivity index (χ2v) is 17.8. The summed E-state index contributed by atoms with van der Waals surface area (Å²) < 4.78 is 5.40. The molecule has 2 nitrogen and oxygen atoms in total. The molecule has 0 N–H and O–H groups in total. The van der Waals surface area contributed by atoms with Gasteiger partial charge >= 0.3 is 5.97 Å². The third kappa shape index (κ3) is 4.97. The van der Waals surface area contributed by atoms with Crippen molar-refractivity contribution in [2.24, 2.45) is 0 Å². The molecule has 0 atom stereocenters. The zero-order chi connectivity index (χ0) is 12.4. The lowest BCUT2D eigenvalue weighted by molar-refractivity contribution is -0.145. The van der Waals surface area contributed by atoms with Gasteiger partial charge in [-0.3, -0.25) is 4.79 Å². The number of carbonyl (C=O) groups is 1. The van der Waals surface area contributed by atoms with Gasteiger partial charge < -0.3 is 4.74 Å². The topological polar surface area (TPSA) is 26.3 Å². The second kappa shape index (κ2) is 4.83. The largest absolute Gasteiger partial charge is 0.463 e. The Labute approximate surface area is 96.4 Å². The first-order chi connectivity index (χ1) is 6.46. The molecular formula is C11H26O2Si2. The third-order valence-electron chi connectivity index (χ3n) is 2.32. The van der Waals surface area contributed by atoms with Crippen molar-refractivity contribution < 1.29 is 9.53 Å². The van der Waals surface area contributed by atoms with Crippen molar-refractivity contribution in [2.45, 2.75) is 64.4 Å². The van der Waals surface area contributed by atoms with E-state index in [0.29, 0.717) is 0 Å². The van der Waals surface area contributed by atoms with Crippen LogP contribution in [0.3, 0.4) is 0 Å². The SMILES string of the molecule is CC(C)OC(=O)C([Si](C)(C)C)[Si](C)(C)C. The highest BCUT2D eigenvalue weighted by Gasteiger charge is 2.43. The van der Waals surface area contributed by atoms with Crippen LogP contribution in [-0.2, 0) is 9.53 Å². The average molecular weight is 246 g/mol. The molecule has 0 aromatic rings. The van der Waals surface area contributed by atoms with E-state index in [2.05, 4.69) is 39.3 Å². The van der Waals surface area contributed by atoms with Crippen molar-refractivity contribution in [1.29, 1.82) is 0 Å². The first kappa shape index (κ1) is 14.9. The van der Waals surface area contributed by atoms with E-state index in [1.165, 1.54) is 0 Å². The molecule has 0 spiro atoms. The van der Waals surface area contributed by atoms with Gasteiger partial charge in [-0.1, -0.05) is 39.3 Å². The smallest absolute Gasteiger partial charge is 0.303 e. The summed E-state index contributed by atoms with van der Waals surface area (Å²) in [6.07, 6.45) is 0.00713. The van der Waals surface area contributed by atoms with Crippen LogP contribution in [0.5, 0.6) is 0 Å². The second-order valence-electron chi connectivity index (χ2n) is 6.65. The Hall–Kier alpha value is -0.0962. The summed E-state index contributed by atoms with van der Waals surface area (Å²) in [5.74, 6) is 0.0448. The van der Waals surface area contributed by atoms with Crippen LogP contribution in [-0.4, -0.2) is 28.2 Å². The van der Waals surface area contributed by atoms with Crippen LogP contribution in [0.15, 0.2) is 0 Å². The van der Waals surface area contributed by atoms with Crippen LogP contribution in [0.2, 0.25) is 44.4 Å². The van der Waals surface area contributed by atoms with Crippen LogP contribution in [0, 0.1) is 0 Å². The van der Waals surface area contributed by atoms with Crippen molar-refractivity contribution in [3.63, 3.8) is 0 Å². The van der Waals surface area contributed by atoms with Gasteiger partial charge in [0, 0.05) is 5.16 Å². The Morgan fingerprint density at radius 3 is 1.47 bits per heavy atom. The van der Waals surface area contributed by atoms with E-state index in [1.807, 2.05) is 13.8 Å². The molecule has 90 valence electrons. The molecule has 0 rings (SSSR count). The number of carbonyl (C=O) groups excluding carboxylic acids is 1. The molecule has 15 heavy (non-hydrogen) atoms. The van der Waals surface area contributed by atoms with Gasteiger partial charge in [0.05, 0.1) is 22.3 Å². The minimum atomic E-state index is -1.46. The molecule has 0 aliphatic rings. The molecule has 0 saturated heterocycles. The maximum absolute atomic E-state index is 12.1. The molecule has 0 unspecified atom stereocenters. The maximum atomic E-state index is 12.1. The summed E-state index contributed by atoms with van der Waals surface area (Å²) in [5, 5.41) is 0.201. The molecule has 0 aliphatic carbocycles. The van der Waals surface area contributed by atoms with E-state index < -0.39 is 16.1 Å². The molecule has 0 saturated carbocycles. The first-order valence-electron chi connectivity index (χ1n) is 5.66. The Morgan fingerprint density at radius 2 is 1.27 bits per heavy atom. The standard InChI is InChI=1S/C11H26O2Si2/c1-9(2)13-10(12)11(14(3,4)5)15(6,7)8/h9,11H,1-8H3. The zero-order valence-electron chi connectivity index (χ0n) is 11.5. The Kier molecular flexibility index (Phi) is 4.79. The van der Waals surface area contributed by atoms with E-state index in [-0.39, 0.29) is 17.2 Å². The molecule has 4 heteroatoms. The lowest BCUT2D eigenvalue weighted by Crippen LogP contribution is -2.49. The van der Waals surface area contributed by atoms with E-state index in [1.54, 1.807) is 0 Å². The number of hydrogen-bond donors (Lipinski definition) is 0. The molecule has 0 radical (unpaired) electrons. The fourth-order valence-corrected chi connectivity index (χ4v) is 14.2. The first-order valence-corrected chi connectivity index (χ1v) is 12.8. The summed E-state index contributed by atoms with van der Waals surface area (Å²) >= 11 is 0. The summed E-state index contributed by atoms with van der Waals surface area (Å²) in [6, 6.07) is 0. The van der Waals surface area contributed by atoms with Crippen LogP contribution in [0.1, 0.15) is 13.8 Å². The lowest BCUT2D eigenvalue weighted by Gasteiger charge is -2.36. The molecule has 0 amide bonds. The zero-order valence-corrected chi connectivity index (χ0v) is 13.5. The van der Waals surface area contributed by atoms with Crippen LogP contribution >= 0.6 is 0 Å². The highest BCUT2D eigenvalue weighted by atomic mass is 28.4. The van der Waals surface area contributed by atoms with Crippen LogP contribution in [0.4, 0.5) is 0 Å². The van der Waals surface area contributed by atoms with Crippen molar-refractivity contribution in [2.75, 3.05) is 0 Å². The summed E-state index contributed by atoms with van der Waals surface area (Å²) in [7, 11) is -2.93. The number of rotatable bonds is 4. The molecule has 0 heterocycles. The summed E-state index contributed by atoms with van der Waals surface area (Å²) in [4.78, 5) is 12.1. The molecule has 0 aliphatic heterocycles. The number of ether oxygens (including phenoxy) is 1. The van der Waals surface area contributed by atoms with Gasteiger partial charge in [0.15, 0.2) is 0 Å². The predicted molar refractivity (Wildman–Crippen MR) is 71.7 cm³/mol. The predicted octanol–water partition coefficient (Wildman–Crippen LogP) is 3.52. The van der Waals surface area contributed by atoms with Gasteiger partial charge in [-0.25, -0.2) is 0 Å². The molecule has 0 aromatic heterocycles. The van der Waals surface area contributed by atoms with Gasteiger partial charge in [0.1, 0.15) is 0 Å². The minimum Gasteiger partial charge on any atom is -0.463 e. The fraction of sp³-hybridized carbons (Fsp3) is 0.909. The Morgan fingerprint density at radius 1 is 0.933 bits per heavy atom. The van der Waals surface area contributed by atoms with E-state index in [0.717, 1.165) is 0 Å². The van der Waals surface area contributed by atoms with Crippen LogP contribution < -0.4 is 0 Å². The molecule has 0 bridgehead atoms. The van der Waals surface area contributed by atoms with Gasteiger partial charge in [-0.05, 0) is 13.8 Å². The summed E-state index contributed by atoms with van der Waals surface area (Å²) in [5.41, 5.74) is 0. The van der Waals surface area contributed by atoms with Crippen molar-refractivity contribution >= 4 is 22.1 Å². The molecule has 0 aromatic carbocycles. The van der Waals surface area contributed by atoms with Gasteiger partial charge in [-0.15, -0.1) is 0 Å². The lowest BCUT2D eigenvalue weighted by atomic mass is 10.5. The van der Waals surface area contributed by atoms with Crippen molar-refractivity contribution in [1.82, 2.24) is 0 Å². The molecule has 0 fully saturated rings. The molecular weight excluding hydrogens is 220 g/mol. The fourth-order valence-electron chi connectivity index (χ4n) is 2.31. The maximum Gasteiger partial charge on any atom is 0.303 e. The third-order valence-corrected chi connectivity index (χ3v) is 11.5. The quantitative estimate of drug-likeness (QED) is 0.560. The summed E-state index contributed by atoms with van der Waals surface area (Å²) in [6.45, 7) is 17.4. The monoisotopic (exact) mass is 246 g/mol. The Bertz CT molecular complexity index is 210. The van der Waals surface area contributed by atoms with Gasteiger partial charge in [0.25, 0.3) is 0 Å².